The van der Waals surface area contributed by atoms with Crippen LogP contribution in [0.3, 0.4) is 0 Å². The smallest absolute Gasteiger partial charge is 0.219 e. The molecule has 1 aromatic carbocycles. The van der Waals surface area contributed by atoms with Crippen LogP contribution in [-0.2, 0) is 4.79 Å². The van der Waals surface area contributed by atoms with Crippen LogP contribution < -0.4 is 20.9 Å². The minimum absolute atomic E-state index is 0.0775. The lowest BCUT2D eigenvalue weighted by molar-refractivity contribution is -0.118. The van der Waals surface area contributed by atoms with E-state index >= 15 is 0 Å². The van der Waals surface area contributed by atoms with E-state index in [0.717, 1.165) is 10.0 Å². The number of benzene rings is 1. The average Bonchev–Trinajstić information content (AvgIpc) is 2.27. The van der Waals surface area contributed by atoms with Gasteiger partial charge >= 0.3 is 0 Å². The van der Waals surface area contributed by atoms with Gasteiger partial charge in [-0.2, -0.15) is 0 Å². The number of halogens is 1. The normalized spacial score (nSPS) is 12.0. The van der Waals surface area contributed by atoms with Crippen LogP contribution in [0.1, 0.15) is 18.0 Å². The molecule has 17 heavy (non-hydrogen) atoms. The zero-order chi connectivity index (χ0) is 13.0. The standard InChI is InChI=1S/C11H15BrN2O3/c1-16-9-3-6(8(13)5-11(14)15)7(12)4-10(9)17-2/h3-4,8H,5,13H2,1-2H3,(H2,14,15)/t8-/m1/s1. The van der Waals surface area contributed by atoms with Gasteiger partial charge in [-0.3, -0.25) is 4.79 Å². The van der Waals surface area contributed by atoms with Gasteiger partial charge in [0.25, 0.3) is 0 Å². The minimum Gasteiger partial charge on any atom is -0.493 e. The number of nitrogens with two attached hydrogens (primary N) is 2. The van der Waals surface area contributed by atoms with Crippen LogP contribution in [0.4, 0.5) is 0 Å². The highest BCUT2D eigenvalue weighted by Gasteiger charge is 2.16. The summed E-state index contributed by atoms with van der Waals surface area (Å²) >= 11 is 3.37. The second kappa shape index (κ2) is 5.88. The van der Waals surface area contributed by atoms with E-state index in [1.165, 1.54) is 7.11 Å². The van der Waals surface area contributed by atoms with Crippen molar-refractivity contribution in [3.8, 4) is 11.5 Å². The summed E-state index contributed by atoms with van der Waals surface area (Å²) in [6.07, 6.45) is 0.0775. The minimum atomic E-state index is -0.471. The molecule has 4 N–H and O–H groups in total. The maximum absolute atomic E-state index is 10.8. The molecule has 0 aromatic heterocycles. The summed E-state index contributed by atoms with van der Waals surface area (Å²) in [6.45, 7) is 0. The molecule has 1 atom stereocenters. The Bertz CT molecular complexity index is 423. The van der Waals surface area contributed by atoms with Gasteiger partial charge < -0.3 is 20.9 Å². The number of rotatable bonds is 5. The first-order valence-corrected chi connectivity index (χ1v) is 5.74. The van der Waals surface area contributed by atoms with E-state index in [1.54, 1.807) is 19.2 Å². The lowest BCUT2D eigenvalue weighted by Crippen LogP contribution is -2.21. The first-order chi connectivity index (χ1) is 7.99. The third-order valence-electron chi connectivity index (χ3n) is 2.32. The first-order valence-electron chi connectivity index (χ1n) is 4.95. The summed E-state index contributed by atoms with van der Waals surface area (Å²) in [5.41, 5.74) is 11.8. The van der Waals surface area contributed by atoms with Crippen molar-refractivity contribution >= 4 is 21.8 Å². The number of amides is 1. The largest absolute Gasteiger partial charge is 0.493 e. The van der Waals surface area contributed by atoms with Gasteiger partial charge in [0.2, 0.25) is 5.91 Å². The lowest BCUT2D eigenvalue weighted by Gasteiger charge is -2.15. The predicted molar refractivity (Wildman–Crippen MR) is 68.0 cm³/mol. The van der Waals surface area contributed by atoms with Crippen molar-refractivity contribution in [3.63, 3.8) is 0 Å². The van der Waals surface area contributed by atoms with Crippen molar-refractivity contribution in [2.75, 3.05) is 14.2 Å². The molecule has 0 aliphatic rings. The van der Waals surface area contributed by atoms with E-state index in [0.29, 0.717) is 11.5 Å². The maximum Gasteiger partial charge on any atom is 0.219 e. The SMILES string of the molecule is COc1cc(Br)c([C@H](N)CC(N)=O)cc1OC. The number of primary amides is 1. The highest BCUT2D eigenvalue weighted by Crippen LogP contribution is 2.36. The maximum atomic E-state index is 10.8. The van der Waals surface area contributed by atoms with E-state index in [1.807, 2.05) is 0 Å². The zero-order valence-electron chi connectivity index (χ0n) is 9.70. The van der Waals surface area contributed by atoms with Crippen LogP contribution >= 0.6 is 15.9 Å². The third-order valence-corrected chi connectivity index (χ3v) is 3.01. The Kier molecular flexibility index (Phi) is 4.77. The fourth-order valence-electron chi connectivity index (χ4n) is 1.48. The Morgan fingerprint density at radius 1 is 1.35 bits per heavy atom. The number of hydrogen-bond acceptors (Lipinski definition) is 4. The molecule has 0 unspecified atom stereocenters. The zero-order valence-corrected chi connectivity index (χ0v) is 11.3. The summed E-state index contributed by atoms with van der Waals surface area (Å²) < 4.78 is 11.1. The molecule has 0 saturated carbocycles. The number of carbonyl (C=O) groups excluding carboxylic acids is 1. The fourth-order valence-corrected chi connectivity index (χ4v) is 2.10. The van der Waals surface area contributed by atoms with Crippen LogP contribution in [0.25, 0.3) is 0 Å². The molecule has 6 heteroatoms. The molecule has 5 nitrogen and oxygen atoms in total. The summed E-state index contributed by atoms with van der Waals surface area (Å²) in [5.74, 6) is 0.708. The van der Waals surface area contributed by atoms with Crippen LogP contribution in [0.15, 0.2) is 16.6 Å². The second-order valence-corrected chi connectivity index (χ2v) is 4.36. The topological polar surface area (TPSA) is 87.6 Å². The number of methoxy groups -OCH3 is 2. The van der Waals surface area contributed by atoms with Crippen molar-refractivity contribution in [3.05, 3.63) is 22.2 Å². The molecular formula is C11H15BrN2O3. The second-order valence-electron chi connectivity index (χ2n) is 3.51. The number of carbonyl (C=O) groups is 1. The molecule has 1 aromatic rings. The highest BCUT2D eigenvalue weighted by atomic mass is 79.9. The average molecular weight is 303 g/mol. The Labute approximate surface area is 108 Å². The molecule has 1 rings (SSSR count). The molecule has 1 amide bonds. The monoisotopic (exact) mass is 302 g/mol. The van der Waals surface area contributed by atoms with E-state index < -0.39 is 11.9 Å². The van der Waals surface area contributed by atoms with E-state index in [9.17, 15) is 4.79 Å². The fraction of sp³-hybridized carbons (Fsp3) is 0.364. The Hall–Kier alpha value is -1.27. The molecule has 0 aliphatic carbocycles. The van der Waals surface area contributed by atoms with Gasteiger partial charge in [-0.05, 0) is 17.7 Å². The van der Waals surface area contributed by atoms with Crippen molar-refractivity contribution in [2.45, 2.75) is 12.5 Å². The molecule has 0 fully saturated rings. The number of hydrogen-bond donors (Lipinski definition) is 2. The molecule has 0 heterocycles. The Balaban J connectivity index is 3.11. The van der Waals surface area contributed by atoms with Crippen molar-refractivity contribution < 1.29 is 14.3 Å². The van der Waals surface area contributed by atoms with E-state index in [-0.39, 0.29) is 6.42 Å². The van der Waals surface area contributed by atoms with Crippen LogP contribution in [0.5, 0.6) is 11.5 Å². The van der Waals surface area contributed by atoms with Gasteiger partial charge in [-0.1, -0.05) is 15.9 Å². The van der Waals surface area contributed by atoms with Gasteiger partial charge in [0.15, 0.2) is 11.5 Å². The number of ether oxygens (including phenoxy) is 2. The molecule has 94 valence electrons. The van der Waals surface area contributed by atoms with Gasteiger partial charge in [0.05, 0.1) is 14.2 Å². The molecule has 0 bridgehead atoms. The predicted octanol–water partition coefficient (Wildman–Crippen LogP) is 1.34. The molecule has 0 spiro atoms. The van der Waals surface area contributed by atoms with Crippen molar-refractivity contribution in [1.29, 1.82) is 0 Å². The summed E-state index contributed by atoms with van der Waals surface area (Å²) in [4.78, 5) is 10.8. The van der Waals surface area contributed by atoms with Crippen molar-refractivity contribution in [2.24, 2.45) is 11.5 Å². The van der Waals surface area contributed by atoms with Crippen LogP contribution in [0, 0.1) is 0 Å². The van der Waals surface area contributed by atoms with E-state index in [4.69, 9.17) is 20.9 Å². The summed E-state index contributed by atoms with van der Waals surface area (Å²) in [7, 11) is 3.09. The lowest BCUT2D eigenvalue weighted by atomic mass is 10.0. The van der Waals surface area contributed by atoms with Crippen molar-refractivity contribution in [1.82, 2.24) is 0 Å². The first kappa shape index (κ1) is 13.8. The molecule has 0 aliphatic heterocycles. The van der Waals surface area contributed by atoms with Gasteiger partial charge in [0.1, 0.15) is 0 Å². The molecular weight excluding hydrogens is 288 g/mol. The quantitative estimate of drug-likeness (QED) is 0.859. The summed E-state index contributed by atoms with van der Waals surface area (Å²) in [6, 6.07) is 3.01. The third kappa shape index (κ3) is 3.34. The highest BCUT2D eigenvalue weighted by molar-refractivity contribution is 9.10. The van der Waals surface area contributed by atoms with Gasteiger partial charge in [0, 0.05) is 16.9 Å². The molecule has 0 saturated heterocycles. The Morgan fingerprint density at radius 2 is 1.88 bits per heavy atom. The Morgan fingerprint density at radius 3 is 2.35 bits per heavy atom. The van der Waals surface area contributed by atoms with Gasteiger partial charge in [-0.15, -0.1) is 0 Å². The van der Waals surface area contributed by atoms with Crippen LogP contribution in [-0.4, -0.2) is 20.1 Å². The van der Waals surface area contributed by atoms with Gasteiger partial charge in [-0.25, -0.2) is 0 Å². The van der Waals surface area contributed by atoms with Crippen LogP contribution in [0.2, 0.25) is 0 Å². The molecule has 0 radical (unpaired) electrons. The summed E-state index contributed by atoms with van der Waals surface area (Å²) in [5, 5.41) is 0. The van der Waals surface area contributed by atoms with E-state index in [2.05, 4.69) is 15.9 Å².